The number of nitrogens with zero attached hydrogens (tertiary/aromatic N) is 4. The lowest BCUT2D eigenvalue weighted by atomic mass is 10.2. The summed E-state index contributed by atoms with van der Waals surface area (Å²) in [6.45, 7) is 2.55. The molecule has 3 aromatic rings. The van der Waals surface area contributed by atoms with E-state index in [-0.39, 0.29) is 11.6 Å². The molecule has 29 heavy (non-hydrogen) atoms. The van der Waals surface area contributed by atoms with Crippen LogP contribution in [-0.2, 0) is 6.54 Å². The first-order valence-corrected chi connectivity index (χ1v) is 9.35. The van der Waals surface area contributed by atoms with Gasteiger partial charge in [0.1, 0.15) is 11.5 Å². The Hall–Kier alpha value is -3.81. The summed E-state index contributed by atoms with van der Waals surface area (Å²) in [7, 11) is 0. The van der Waals surface area contributed by atoms with E-state index < -0.39 is 0 Å². The van der Waals surface area contributed by atoms with Gasteiger partial charge in [-0.15, -0.1) is 0 Å². The van der Waals surface area contributed by atoms with Gasteiger partial charge in [-0.3, -0.25) is 14.8 Å². The van der Waals surface area contributed by atoms with Crippen LogP contribution in [0.15, 0.2) is 55.1 Å². The van der Waals surface area contributed by atoms with Crippen LogP contribution < -0.4 is 16.4 Å². The molecular weight excluding hydrogens is 366 g/mol. The zero-order valence-electron chi connectivity index (χ0n) is 16.2. The zero-order chi connectivity index (χ0) is 20.5. The average Bonchev–Trinajstić information content (AvgIpc) is 2.74. The molecule has 0 bridgehead atoms. The number of carbonyl (C=O) groups is 1. The summed E-state index contributed by atoms with van der Waals surface area (Å²) >= 11 is 0. The number of pyridine rings is 2. The highest BCUT2D eigenvalue weighted by Crippen LogP contribution is 2.16. The van der Waals surface area contributed by atoms with Crippen molar-refractivity contribution in [3.63, 3.8) is 0 Å². The van der Waals surface area contributed by atoms with E-state index >= 15 is 0 Å². The van der Waals surface area contributed by atoms with Gasteiger partial charge in [-0.05, 0) is 36.8 Å². The van der Waals surface area contributed by atoms with Gasteiger partial charge in [0.2, 0.25) is 0 Å². The Morgan fingerprint density at radius 1 is 1.14 bits per heavy atom. The monoisotopic (exact) mass is 389 g/mol. The molecule has 0 aliphatic rings. The molecule has 0 unspecified atom stereocenters. The standard InChI is InChI=1S/C21H23N7O/c1-2-3-4-6-16-12-27-19(14-25-16)21(29)28-15-8-10-23-17(11-15)13-26-18-7-5-9-24-20(18)22/h4-12,14,26H,2-3,13H2,1H3,(H2,22,24)(H,23,28,29)/b6-4+. The van der Waals surface area contributed by atoms with Crippen LogP contribution in [-0.4, -0.2) is 25.8 Å². The molecule has 0 saturated heterocycles. The average molecular weight is 389 g/mol. The van der Waals surface area contributed by atoms with Crippen LogP contribution in [0.5, 0.6) is 0 Å². The van der Waals surface area contributed by atoms with Crippen LogP contribution in [0.2, 0.25) is 0 Å². The van der Waals surface area contributed by atoms with Crippen LogP contribution in [0.1, 0.15) is 41.6 Å². The predicted molar refractivity (Wildman–Crippen MR) is 114 cm³/mol. The highest BCUT2D eigenvalue weighted by atomic mass is 16.1. The molecule has 3 rings (SSSR count). The van der Waals surface area contributed by atoms with Crippen LogP contribution in [0.4, 0.5) is 17.2 Å². The molecule has 0 spiro atoms. The van der Waals surface area contributed by atoms with Gasteiger partial charge in [-0.1, -0.05) is 19.4 Å². The quantitative estimate of drug-likeness (QED) is 0.539. The molecule has 4 N–H and O–H groups in total. The highest BCUT2D eigenvalue weighted by Gasteiger charge is 2.09. The fourth-order valence-corrected chi connectivity index (χ4v) is 2.51. The number of allylic oxidation sites excluding steroid dienone is 1. The number of aromatic nitrogens is 4. The van der Waals surface area contributed by atoms with Crippen molar-refractivity contribution in [2.45, 2.75) is 26.3 Å². The lowest BCUT2D eigenvalue weighted by Crippen LogP contribution is -2.14. The van der Waals surface area contributed by atoms with E-state index in [1.165, 1.54) is 6.20 Å². The minimum absolute atomic E-state index is 0.247. The largest absolute Gasteiger partial charge is 0.382 e. The molecule has 0 saturated carbocycles. The lowest BCUT2D eigenvalue weighted by Gasteiger charge is -2.09. The Balaban J connectivity index is 1.60. The second kappa shape index (κ2) is 9.93. The number of nitrogens with two attached hydrogens (primary N) is 1. The second-order valence-corrected chi connectivity index (χ2v) is 6.30. The van der Waals surface area contributed by atoms with Crippen molar-refractivity contribution in [2.75, 3.05) is 16.4 Å². The van der Waals surface area contributed by atoms with Gasteiger partial charge in [-0.2, -0.15) is 0 Å². The van der Waals surface area contributed by atoms with Crippen molar-refractivity contribution in [1.82, 2.24) is 19.9 Å². The SMILES string of the molecule is CCC/C=C/c1cnc(C(=O)Nc2ccnc(CNc3cccnc3N)c2)cn1. The van der Waals surface area contributed by atoms with Crippen molar-refractivity contribution in [3.05, 3.63) is 72.2 Å². The summed E-state index contributed by atoms with van der Waals surface area (Å²) in [5.41, 5.74) is 8.89. The second-order valence-electron chi connectivity index (χ2n) is 6.30. The first-order chi connectivity index (χ1) is 14.2. The maximum atomic E-state index is 12.4. The summed E-state index contributed by atoms with van der Waals surface area (Å²) in [6, 6.07) is 7.14. The molecule has 8 heteroatoms. The topological polar surface area (TPSA) is 119 Å². The molecule has 0 aliphatic heterocycles. The molecule has 0 aliphatic carbocycles. The van der Waals surface area contributed by atoms with Crippen LogP contribution in [0.25, 0.3) is 6.08 Å². The number of carbonyl (C=O) groups excluding carboxylic acids is 1. The summed E-state index contributed by atoms with van der Waals surface area (Å²) in [4.78, 5) is 29.2. The molecule has 0 atom stereocenters. The number of amides is 1. The van der Waals surface area contributed by atoms with Gasteiger partial charge in [0.15, 0.2) is 0 Å². The van der Waals surface area contributed by atoms with Gasteiger partial charge in [0, 0.05) is 18.1 Å². The van der Waals surface area contributed by atoms with Crippen molar-refractivity contribution in [3.8, 4) is 0 Å². The van der Waals surface area contributed by atoms with Gasteiger partial charge in [-0.25, -0.2) is 9.97 Å². The maximum absolute atomic E-state index is 12.4. The molecule has 8 nitrogen and oxygen atoms in total. The van der Waals surface area contributed by atoms with Gasteiger partial charge >= 0.3 is 0 Å². The van der Waals surface area contributed by atoms with E-state index in [1.54, 1.807) is 36.8 Å². The van der Waals surface area contributed by atoms with E-state index in [0.717, 1.165) is 29.9 Å². The molecule has 3 aromatic heterocycles. The van der Waals surface area contributed by atoms with Gasteiger partial charge in [0.05, 0.1) is 36.0 Å². The molecule has 1 amide bonds. The number of nitrogens with one attached hydrogen (secondary N) is 2. The number of unbranched alkanes of at least 4 members (excludes halogenated alkanes) is 1. The maximum Gasteiger partial charge on any atom is 0.275 e. The van der Waals surface area contributed by atoms with E-state index in [2.05, 4.69) is 37.5 Å². The minimum atomic E-state index is -0.330. The minimum Gasteiger partial charge on any atom is -0.382 e. The molecule has 0 radical (unpaired) electrons. The lowest BCUT2D eigenvalue weighted by molar-refractivity contribution is 0.102. The summed E-state index contributed by atoms with van der Waals surface area (Å²) in [5.74, 6) is 0.0896. The fourth-order valence-electron chi connectivity index (χ4n) is 2.51. The fraction of sp³-hybridized carbons (Fsp3) is 0.190. The Morgan fingerprint density at radius 3 is 2.79 bits per heavy atom. The number of hydrogen-bond acceptors (Lipinski definition) is 7. The Labute approximate surface area is 169 Å². The van der Waals surface area contributed by atoms with E-state index in [4.69, 9.17) is 5.73 Å². The molecule has 3 heterocycles. The first kappa shape index (κ1) is 19.9. The predicted octanol–water partition coefficient (Wildman–Crippen LogP) is 3.53. The molecule has 0 aromatic carbocycles. The normalized spacial score (nSPS) is 10.8. The third kappa shape index (κ3) is 5.83. The number of anilines is 3. The number of hydrogen-bond donors (Lipinski definition) is 3. The third-order valence-corrected chi connectivity index (χ3v) is 4.02. The van der Waals surface area contributed by atoms with Crippen LogP contribution >= 0.6 is 0 Å². The summed E-state index contributed by atoms with van der Waals surface area (Å²) in [5, 5.41) is 5.99. The zero-order valence-corrected chi connectivity index (χ0v) is 16.2. The number of rotatable bonds is 8. The van der Waals surface area contributed by atoms with Crippen LogP contribution in [0, 0.1) is 0 Å². The van der Waals surface area contributed by atoms with Crippen molar-refractivity contribution in [1.29, 1.82) is 0 Å². The van der Waals surface area contributed by atoms with Gasteiger partial charge in [0.25, 0.3) is 5.91 Å². The molecular formula is C21H23N7O. The van der Waals surface area contributed by atoms with E-state index in [9.17, 15) is 4.79 Å². The third-order valence-electron chi connectivity index (χ3n) is 4.02. The summed E-state index contributed by atoms with van der Waals surface area (Å²) < 4.78 is 0. The van der Waals surface area contributed by atoms with Crippen molar-refractivity contribution < 1.29 is 4.79 Å². The Morgan fingerprint density at radius 2 is 2.03 bits per heavy atom. The van der Waals surface area contributed by atoms with E-state index in [0.29, 0.717) is 18.1 Å². The van der Waals surface area contributed by atoms with Crippen molar-refractivity contribution in [2.24, 2.45) is 0 Å². The highest BCUT2D eigenvalue weighted by molar-refractivity contribution is 6.02. The Kier molecular flexibility index (Phi) is 6.83. The number of nitrogen functional groups attached to an aromatic ring is 1. The van der Waals surface area contributed by atoms with Crippen molar-refractivity contribution >= 4 is 29.2 Å². The van der Waals surface area contributed by atoms with Crippen LogP contribution in [0.3, 0.4) is 0 Å². The van der Waals surface area contributed by atoms with E-state index in [1.807, 2.05) is 18.2 Å². The smallest absolute Gasteiger partial charge is 0.275 e. The van der Waals surface area contributed by atoms with Gasteiger partial charge < -0.3 is 16.4 Å². The molecule has 148 valence electrons. The molecule has 0 fully saturated rings. The summed E-state index contributed by atoms with van der Waals surface area (Å²) in [6.07, 6.45) is 12.3. The first-order valence-electron chi connectivity index (χ1n) is 9.35. The Bertz CT molecular complexity index is 986.